The zero-order chi connectivity index (χ0) is 13.9. The number of fused-ring (bicyclic) bond motifs is 1. The summed E-state index contributed by atoms with van der Waals surface area (Å²) >= 11 is 6.19. The van der Waals surface area contributed by atoms with Crippen LogP contribution in [0.3, 0.4) is 0 Å². The predicted molar refractivity (Wildman–Crippen MR) is 81.2 cm³/mol. The highest BCUT2D eigenvalue weighted by molar-refractivity contribution is 6.34. The fraction of sp³-hybridized carbons (Fsp3) is 0.500. The number of ether oxygens (including phenoxy) is 1. The van der Waals surface area contributed by atoms with Crippen LogP contribution in [0.1, 0.15) is 31.6 Å². The van der Waals surface area contributed by atoms with E-state index in [-0.39, 0.29) is 6.04 Å². The van der Waals surface area contributed by atoms with Crippen molar-refractivity contribution in [2.45, 2.75) is 25.8 Å². The minimum absolute atomic E-state index is 0.232. The molecule has 20 heavy (non-hydrogen) atoms. The monoisotopic (exact) mass is 293 g/mol. The van der Waals surface area contributed by atoms with Gasteiger partial charge >= 0.3 is 0 Å². The number of hydrogen-bond acceptors (Lipinski definition) is 3. The molecule has 3 rings (SSSR count). The Morgan fingerprint density at radius 3 is 3.05 bits per heavy atom. The molecular formula is C16H20ClNO2. The van der Waals surface area contributed by atoms with Gasteiger partial charge in [0, 0.05) is 18.6 Å². The van der Waals surface area contributed by atoms with Crippen molar-refractivity contribution in [2.24, 2.45) is 5.92 Å². The molecule has 2 atom stereocenters. The Hall–Kier alpha value is -1.03. The first-order chi connectivity index (χ1) is 9.78. The molecule has 1 saturated heterocycles. The van der Waals surface area contributed by atoms with Crippen LogP contribution in [-0.2, 0) is 4.74 Å². The van der Waals surface area contributed by atoms with E-state index in [1.54, 1.807) is 0 Å². The van der Waals surface area contributed by atoms with E-state index < -0.39 is 0 Å². The second kappa shape index (κ2) is 6.17. The van der Waals surface area contributed by atoms with Crippen molar-refractivity contribution in [1.82, 2.24) is 5.32 Å². The summed E-state index contributed by atoms with van der Waals surface area (Å²) in [7, 11) is 0. The molecule has 2 unspecified atom stereocenters. The Bertz CT molecular complexity index is 575. The molecule has 108 valence electrons. The van der Waals surface area contributed by atoms with Gasteiger partial charge in [0.15, 0.2) is 5.58 Å². The van der Waals surface area contributed by atoms with Crippen molar-refractivity contribution >= 4 is 22.6 Å². The van der Waals surface area contributed by atoms with Gasteiger partial charge in [-0.1, -0.05) is 30.7 Å². The number of halogens is 1. The van der Waals surface area contributed by atoms with E-state index >= 15 is 0 Å². The highest BCUT2D eigenvalue weighted by Crippen LogP contribution is 2.33. The molecule has 0 aliphatic carbocycles. The van der Waals surface area contributed by atoms with Crippen LogP contribution >= 0.6 is 11.6 Å². The van der Waals surface area contributed by atoms with Gasteiger partial charge in [0.25, 0.3) is 0 Å². The first kappa shape index (κ1) is 13.9. The summed E-state index contributed by atoms with van der Waals surface area (Å²) in [4.78, 5) is 0. The number of nitrogens with one attached hydrogen (secondary N) is 1. The lowest BCUT2D eigenvalue weighted by Gasteiger charge is -2.18. The maximum Gasteiger partial charge on any atom is 0.152 e. The van der Waals surface area contributed by atoms with E-state index in [9.17, 15) is 0 Å². The molecule has 1 aliphatic heterocycles. The third kappa shape index (κ3) is 2.85. The normalized spacial score (nSPS) is 20.6. The van der Waals surface area contributed by atoms with E-state index in [1.165, 1.54) is 0 Å². The van der Waals surface area contributed by atoms with E-state index in [1.807, 2.05) is 18.2 Å². The van der Waals surface area contributed by atoms with Gasteiger partial charge in [0.05, 0.1) is 11.1 Å². The van der Waals surface area contributed by atoms with Crippen molar-refractivity contribution in [3.05, 3.63) is 35.0 Å². The average Bonchev–Trinajstić information content (AvgIpc) is 3.07. The van der Waals surface area contributed by atoms with Gasteiger partial charge in [-0.05, 0) is 37.4 Å². The molecule has 1 fully saturated rings. The summed E-state index contributed by atoms with van der Waals surface area (Å²) in [5.41, 5.74) is 0.787. The minimum atomic E-state index is 0.232. The van der Waals surface area contributed by atoms with Crippen molar-refractivity contribution in [3.63, 3.8) is 0 Å². The van der Waals surface area contributed by atoms with Crippen LogP contribution in [-0.4, -0.2) is 19.8 Å². The van der Waals surface area contributed by atoms with Gasteiger partial charge in [-0.25, -0.2) is 0 Å². The highest BCUT2D eigenvalue weighted by atomic mass is 35.5. The quantitative estimate of drug-likeness (QED) is 0.899. The van der Waals surface area contributed by atoms with Crippen LogP contribution < -0.4 is 5.32 Å². The van der Waals surface area contributed by atoms with Gasteiger partial charge in [0.2, 0.25) is 0 Å². The van der Waals surface area contributed by atoms with Crippen molar-refractivity contribution in [2.75, 3.05) is 19.8 Å². The molecule has 2 heterocycles. The summed E-state index contributed by atoms with van der Waals surface area (Å²) < 4.78 is 11.5. The molecule has 3 nitrogen and oxygen atoms in total. The molecule has 1 aromatic carbocycles. The molecule has 0 bridgehead atoms. The Morgan fingerprint density at radius 1 is 1.45 bits per heavy atom. The molecule has 4 heteroatoms. The Kier molecular flexibility index (Phi) is 4.29. The topological polar surface area (TPSA) is 34.4 Å². The maximum absolute atomic E-state index is 6.19. The van der Waals surface area contributed by atoms with Crippen molar-refractivity contribution < 1.29 is 9.15 Å². The summed E-state index contributed by atoms with van der Waals surface area (Å²) in [6, 6.07) is 8.19. The second-order valence-corrected chi connectivity index (χ2v) is 5.79. The number of para-hydroxylation sites is 1. The largest absolute Gasteiger partial charge is 0.458 e. The maximum atomic E-state index is 6.19. The average molecular weight is 294 g/mol. The number of hydrogen-bond donors (Lipinski definition) is 1. The Balaban J connectivity index is 1.86. The zero-order valence-electron chi connectivity index (χ0n) is 11.7. The van der Waals surface area contributed by atoms with Crippen LogP contribution in [0.4, 0.5) is 0 Å². The third-order valence-electron chi connectivity index (χ3n) is 3.90. The number of rotatable bonds is 5. The van der Waals surface area contributed by atoms with Crippen LogP contribution in [0.2, 0.25) is 5.02 Å². The highest BCUT2D eigenvalue weighted by Gasteiger charge is 2.24. The third-order valence-corrected chi connectivity index (χ3v) is 4.20. The summed E-state index contributed by atoms with van der Waals surface area (Å²) in [6.07, 6.45) is 2.19. The minimum Gasteiger partial charge on any atom is -0.458 e. The van der Waals surface area contributed by atoms with Gasteiger partial charge in [-0.2, -0.15) is 0 Å². The van der Waals surface area contributed by atoms with E-state index in [0.717, 1.165) is 49.3 Å². The standard InChI is InChI=1S/C16H20ClNO2/c1-2-18-14(8-11-6-7-19-10-11)15-9-12-4-3-5-13(17)16(12)20-15/h3-5,9,11,14,18H,2,6-8,10H2,1H3. The van der Waals surface area contributed by atoms with Crippen LogP contribution in [0.15, 0.2) is 28.7 Å². The van der Waals surface area contributed by atoms with Crippen molar-refractivity contribution in [3.8, 4) is 0 Å². The zero-order valence-corrected chi connectivity index (χ0v) is 12.5. The van der Waals surface area contributed by atoms with Crippen LogP contribution in [0.5, 0.6) is 0 Å². The molecular weight excluding hydrogens is 274 g/mol. The molecule has 1 N–H and O–H groups in total. The Labute approximate surface area is 124 Å². The van der Waals surface area contributed by atoms with Gasteiger partial charge in [0.1, 0.15) is 5.76 Å². The fourth-order valence-electron chi connectivity index (χ4n) is 2.87. The second-order valence-electron chi connectivity index (χ2n) is 5.38. The lowest BCUT2D eigenvalue weighted by molar-refractivity contribution is 0.180. The smallest absolute Gasteiger partial charge is 0.152 e. The molecule has 2 aromatic rings. The van der Waals surface area contributed by atoms with Crippen LogP contribution in [0, 0.1) is 5.92 Å². The molecule has 0 amide bonds. The lowest BCUT2D eigenvalue weighted by Crippen LogP contribution is -2.23. The SMILES string of the molecule is CCNC(CC1CCOC1)c1cc2cccc(Cl)c2o1. The molecule has 1 aromatic heterocycles. The van der Waals surface area contributed by atoms with Gasteiger partial charge < -0.3 is 14.5 Å². The van der Waals surface area contributed by atoms with E-state index in [4.69, 9.17) is 20.8 Å². The molecule has 0 saturated carbocycles. The molecule has 1 aliphatic rings. The summed E-state index contributed by atoms with van der Waals surface area (Å²) in [5, 5.41) is 5.26. The van der Waals surface area contributed by atoms with Gasteiger partial charge in [-0.15, -0.1) is 0 Å². The summed E-state index contributed by atoms with van der Waals surface area (Å²) in [5.74, 6) is 1.59. The predicted octanol–water partition coefficient (Wildman–Crippen LogP) is 4.16. The van der Waals surface area contributed by atoms with Gasteiger partial charge in [-0.3, -0.25) is 0 Å². The number of furan rings is 1. The molecule has 0 spiro atoms. The number of benzene rings is 1. The Morgan fingerprint density at radius 2 is 2.35 bits per heavy atom. The fourth-order valence-corrected chi connectivity index (χ4v) is 3.09. The van der Waals surface area contributed by atoms with E-state index in [2.05, 4.69) is 18.3 Å². The first-order valence-corrected chi connectivity index (χ1v) is 7.64. The summed E-state index contributed by atoms with van der Waals surface area (Å²) in [6.45, 7) is 4.79. The van der Waals surface area contributed by atoms with E-state index in [0.29, 0.717) is 10.9 Å². The van der Waals surface area contributed by atoms with Crippen molar-refractivity contribution in [1.29, 1.82) is 0 Å². The van der Waals surface area contributed by atoms with Crippen LogP contribution in [0.25, 0.3) is 11.0 Å². The molecule has 0 radical (unpaired) electrons. The first-order valence-electron chi connectivity index (χ1n) is 7.27. The lowest BCUT2D eigenvalue weighted by atomic mass is 9.97.